The number of ether oxygens (including phenoxy) is 1. The van der Waals surface area contributed by atoms with Crippen LogP contribution < -0.4 is 10.6 Å². The SMILES string of the molecule is CN(CC1(O)CCOCC1)C(=O)C1CNCCN1. The third kappa shape index (κ3) is 3.41. The van der Waals surface area contributed by atoms with E-state index in [1.165, 1.54) is 0 Å². The van der Waals surface area contributed by atoms with Gasteiger partial charge in [-0.2, -0.15) is 0 Å². The van der Waals surface area contributed by atoms with Gasteiger partial charge in [-0.3, -0.25) is 4.79 Å². The van der Waals surface area contributed by atoms with Gasteiger partial charge in [0.1, 0.15) is 0 Å². The number of nitrogens with one attached hydrogen (secondary N) is 2. The first-order chi connectivity index (χ1) is 8.61. The van der Waals surface area contributed by atoms with Gasteiger partial charge in [-0.1, -0.05) is 0 Å². The molecule has 0 bridgehead atoms. The zero-order valence-electron chi connectivity index (χ0n) is 10.9. The van der Waals surface area contributed by atoms with Crippen LogP contribution in [0.4, 0.5) is 0 Å². The van der Waals surface area contributed by atoms with Gasteiger partial charge in [-0.15, -0.1) is 0 Å². The quantitative estimate of drug-likeness (QED) is 0.577. The molecule has 2 fully saturated rings. The summed E-state index contributed by atoms with van der Waals surface area (Å²) < 4.78 is 5.24. The van der Waals surface area contributed by atoms with E-state index >= 15 is 0 Å². The van der Waals surface area contributed by atoms with Crippen molar-refractivity contribution < 1.29 is 14.6 Å². The maximum Gasteiger partial charge on any atom is 0.240 e. The average Bonchev–Trinajstić information content (AvgIpc) is 2.39. The van der Waals surface area contributed by atoms with E-state index in [9.17, 15) is 9.90 Å². The normalized spacial score (nSPS) is 27.8. The Morgan fingerprint density at radius 1 is 1.44 bits per heavy atom. The first-order valence-electron chi connectivity index (χ1n) is 6.60. The van der Waals surface area contributed by atoms with Crippen molar-refractivity contribution in [3.8, 4) is 0 Å². The summed E-state index contributed by atoms with van der Waals surface area (Å²) in [6, 6.07) is -0.174. The van der Waals surface area contributed by atoms with Crippen molar-refractivity contribution in [2.24, 2.45) is 0 Å². The fourth-order valence-electron chi connectivity index (χ4n) is 2.52. The molecule has 6 heteroatoms. The maximum absolute atomic E-state index is 12.2. The summed E-state index contributed by atoms with van der Waals surface area (Å²) in [5.74, 6) is 0.0436. The average molecular weight is 257 g/mol. The number of carbonyl (C=O) groups excluding carboxylic acids is 1. The molecule has 0 saturated carbocycles. The van der Waals surface area contributed by atoms with Gasteiger partial charge < -0.3 is 25.4 Å². The van der Waals surface area contributed by atoms with Crippen LogP contribution in [0.3, 0.4) is 0 Å². The summed E-state index contributed by atoms with van der Waals surface area (Å²) in [6.07, 6.45) is 1.20. The van der Waals surface area contributed by atoms with Gasteiger partial charge in [-0.25, -0.2) is 0 Å². The first kappa shape index (κ1) is 13.7. The Morgan fingerprint density at radius 2 is 2.17 bits per heavy atom. The van der Waals surface area contributed by atoms with Crippen LogP contribution in [-0.2, 0) is 9.53 Å². The van der Waals surface area contributed by atoms with Crippen LogP contribution in [0, 0.1) is 0 Å². The molecule has 1 atom stereocenters. The molecule has 2 rings (SSSR count). The van der Waals surface area contributed by atoms with Crippen LogP contribution >= 0.6 is 0 Å². The molecule has 0 spiro atoms. The Hall–Kier alpha value is -0.690. The minimum atomic E-state index is -0.787. The summed E-state index contributed by atoms with van der Waals surface area (Å²) in [7, 11) is 1.76. The van der Waals surface area contributed by atoms with E-state index in [1.54, 1.807) is 11.9 Å². The van der Waals surface area contributed by atoms with Gasteiger partial charge in [0, 0.05) is 59.3 Å². The second kappa shape index (κ2) is 5.97. The second-order valence-corrected chi connectivity index (χ2v) is 5.24. The molecule has 6 nitrogen and oxygen atoms in total. The molecule has 0 aromatic carbocycles. The van der Waals surface area contributed by atoms with E-state index in [0.29, 0.717) is 39.1 Å². The third-order valence-corrected chi connectivity index (χ3v) is 3.67. The number of amides is 1. The van der Waals surface area contributed by atoms with Gasteiger partial charge in [0.15, 0.2) is 0 Å². The molecule has 104 valence electrons. The van der Waals surface area contributed by atoms with Crippen LogP contribution in [0.2, 0.25) is 0 Å². The van der Waals surface area contributed by atoms with E-state index in [-0.39, 0.29) is 11.9 Å². The van der Waals surface area contributed by atoms with E-state index in [4.69, 9.17) is 4.74 Å². The monoisotopic (exact) mass is 257 g/mol. The molecule has 2 aliphatic rings. The molecule has 0 aliphatic carbocycles. The Balaban J connectivity index is 1.85. The predicted molar refractivity (Wildman–Crippen MR) is 67.3 cm³/mol. The Labute approximate surface area is 108 Å². The standard InChI is InChI=1S/C12H23N3O3/c1-15(9-12(17)2-6-18-7-3-12)11(16)10-8-13-4-5-14-10/h10,13-14,17H,2-9H2,1H3. The van der Waals surface area contributed by atoms with Crippen LogP contribution in [0.25, 0.3) is 0 Å². The van der Waals surface area contributed by atoms with Gasteiger partial charge in [0.25, 0.3) is 0 Å². The second-order valence-electron chi connectivity index (χ2n) is 5.24. The lowest BCUT2D eigenvalue weighted by molar-refractivity contribution is -0.139. The van der Waals surface area contributed by atoms with Crippen LogP contribution in [0.15, 0.2) is 0 Å². The highest BCUT2D eigenvalue weighted by Gasteiger charge is 2.34. The fourth-order valence-corrected chi connectivity index (χ4v) is 2.52. The molecule has 3 N–H and O–H groups in total. The predicted octanol–water partition coefficient (Wildman–Crippen LogP) is -1.45. The minimum absolute atomic E-state index is 0.0436. The number of nitrogens with zero attached hydrogens (tertiary/aromatic N) is 1. The van der Waals surface area contributed by atoms with E-state index in [0.717, 1.165) is 13.1 Å². The lowest BCUT2D eigenvalue weighted by Gasteiger charge is -2.37. The summed E-state index contributed by atoms with van der Waals surface area (Å²) in [5.41, 5.74) is -0.787. The number of likely N-dealkylation sites (N-methyl/N-ethyl adjacent to an activating group) is 1. The molecule has 0 aromatic rings. The van der Waals surface area contributed by atoms with E-state index < -0.39 is 5.60 Å². The molecule has 2 aliphatic heterocycles. The third-order valence-electron chi connectivity index (χ3n) is 3.67. The van der Waals surface area contributed by atoms with Crippen molar-refractivity contribution in [1.82, 2.24) is 15.5 Å². The smallest absolute Gasteiger partial charge is 0.240 e. The van der Waals surface area contributed by atoms with Gasteiger partial charge in [0.05, 0.1) is 11.6 Å². The topological polar surface area (TPSA) is 73.8 Å². The van der Waals surface area contributed by atoms with Crippen molar-refractivity contribution in [3.05, 3.63) is 0 Å². The lowest BCUT2D eigenvalue weighted by Crippen LogP contribution is -2.58. The van der Waals surface area contributed by atoms with Crippen molar-refractivity contribution in [3.63, 3.8) is 0 Å². The molecule has 18 heavy (non-hydrogen) atoms. The van der Waals surface area contributed by atoms with Gasteiger partial charge >= 0.3 is 0 Å². The molecular formula is C12H23N3O3. The zero-order valence-corrected chi connectivity index (χ0v) is 10.9. The molecule has 0 radical (unpaired) electrons. The highest BCUT2D eigenvalue weighted by Crippen LogP contribution is 2.21. The molecular weight excluding hydrogens is 234 g/mol. The number of hydrogen-bond donors (Lipinski definition) is 3. The molecule has 2 saturated heterocycles. The van der Waals surface area contributed by atoms with Gasteiger partial charge in [-0.05, 0) is 0 Å². The van der Waals surface area contributed by atoms with Crippen LogP contribution in [0.1, 0.15) is 12.8 Å². The summed E-state index contributed by atoms with van der Waals surface area (Å²) in [5, 5.41) is 16.8. The van der Waals surface area contributed by atoms with Crippen LogP contribution in [0.5, 0.6) is 0 Å². The van der Waals surface area contributed by atoms with Crippen LogP contribution in [-0.4, -0.2) is 74.0 Å². The molecule has 1 unspecified atom stereocenters. The summed E-state index contributed by atoms with van der Waals surface area (Å²) >= 11 is 0. The van der Waals surface area contributed by atoms with Crippen molar-refractivity contribution in [2.75, 3.05) is 46.4 Å². The largest absolute Gasteiger partial charge is 0.388 e. The number of piperazine rings is 1. The van der Waals surface area contributed by atoms with Crippen molar-refractivity contribution >= 4 is 5.91 Å². The number of rotatable bonds is 3. The summed E-state index contributed by atoms with van der Waals surface area (Å²) in [6.45, 7) is 3.89. The summed E-state index contributed by atoms with van der Waals surface area (Å²) in [4.78, 5) is 13.8. The maximum atomic E-state index is 12.2. The first-order valence-corrected chi connectivity index (χ1v) is 6.60. The Morgan fingerprint density at radius 3 is 2.78 bits per heavy atom. The zero-order chi connectivity index (χ0) is 13.0. The highest BCUT2D eigenvalue weighted by atomic mass is 16.5. The van der Waals surface area contributed by atoms with E-state index in [2.05, 4.69) is 10.6 Å². The Kier molecular flexibility index (Phi) is 4.55. The van der Waals surface area contributed by atoms with Crippen molar-refractivity contribution in [1.29, 1.82) is 0 Å². The van der Waals surface area contributed by atoms with Crippen molar-refractivity contribution in [2.45, 2.75) is 24.5 Å². The van der Waals surface area contributed by atoms with Gasteiger partial charge in [0.2, 0.25) is 5.91 Å². The number of hydrogen-bond acceptors (Lipinski definition) is 5. The molecule has 2 heterocycles. The number of carbonyl (C=O) groups is 1. The Bertz CT molecular complexity index is 286. The molecule has 0 aromatic heterocycles. The van der Waals surface area contributed by atoms with E-state index in [1.807, 2.05) is 0 Å². The highest BCUT2D eigenvalue weighted by molar-refractivity contribution is 5.82. The minimum Gasteiger partial charge on any atom is -0.388 e. The lowest BCUT2D eigenvalue weighted by atomic mass is 9.93. The number of aliphatic hydroxyl groups is 1. The molecule has 1 amide bonds. The fraction of sp³-hybridized carbons (Fsp3) is 0.917.